The summed E-state index contributed by atoms with van der Waals surface area (Å²) in [6.45, 7) is 0.550. The first-order valence-electron chi connectivity index (χ1n) is 6.49. The third kappa shape index (κ3) is 2.00. The number of benzene rings is 1. The molecule has 5 nitrogen and oxygen atoms in total. The molecule has 1 aromatic carbocycles. The van der Waals surface area contributed by atoms with Crippen LogP contribution in [0.15, 0.2) is 30.3 Å². The Morgan fingerprint density at radius 3 is 2.79 bits per heavy atom. The van der Waals surface area contributed by atoms with Crippen molar-refractivity contribution >= 4 is 11.8 Å². The standard InChI is InChI=1S/C14H16N2O3/c17-12-11-7-4-8-16(11)13(18)14(19,15-12)9-10-5-2-1-3-6-10/h1-3,5-6,11,19H,4,7-9H2,(H,15,17). The van der Waals surface area contributed by atoms with E-state index >= 15 is 0 Å². The average Bonchev–Trinajstić information content (AvgIpc) is 2.87. The van der Waals surface area contributed by atoms with Gasteiger partial charge in [-0.25, -0.2) is 0 Å². The molecule has 0 aromatic heterocycles. The fraction of sp³-hybridized carbons (Fsp3) is 0.429. The smallest absolute Gasteiger partial charge is 0.276 e. The number of carbonyl (C=O) groups is 2. The van der Waals surface area contributed by atoms with Crippen LogP contribution >= 0.6 is 0 Å². The van der Waals surface area contributed by atoms with Crippen molar-refractivity contribution < 1.29 is 14.7 Å². The van der Waals surface area contributed by atoms with Gasteiger partial charge in [-0.15, -0.1) is 0 Å². The maximum Gasteiger partial charge on any atom is 0.276 e. The van der Waals surface area contributed by atoms with E-state index in [0.717, 1.165) is 12.0 Å². The predicted octanol–water partition coefficient (Wildman–Crippen LogP) is 0.0385. The van der Waals surface area contributed by atoms with E-state index in [-0.39, 0.29) is 12.3 Å². The summed E-state index contributed by atoms with van der Waals surface area (Å²) < 4.78 is 0. The number of carbonyl (C=O) groups excluding carboxylic acids is 2. The van der Waals surface area contributed by atoms with E-state index in [0.29, 0.717) is 13.0 Å². The van der Waals surface area contributed by atoms with Crippen molar-refractivity contribution in [2.75, 3.05) is 6.54 Å². The third-order valence-corrected chi connectivity index (χ3v) is 3.80. The summed E-state index contributed by atoms with van der Waals surface area (Å²) in [7, 11) is 0. The topological polar surface area (TPSA) is 69.6 Å². The van der Waals surface area contributed by atoms with Gasteiger partial charge in [-0.3, -0.25) is 9.59 Å². The van der Waals surface area contributed by atoms with Gasteiger partial charge in [-0.05, 0) is 18.4 Å². The highest BCUT2D eigenvalue weighted by Crippen LogP contribution is 2.27. The van der Waals surface area contributed by atoms with Crippen LogP contribution in [0, 0.1) is 0 Å². The second kappa shape index (κ2) is 4.35. The zero-order valence-corrected chi connectivity index (χ0v) is 10.5. The third-order valence-electron chi connectivity index (χ3n) is 3.80. The van der Waals surface area contributed by atoms with Gasteiger partial charge in [0.05, 0.1) is 0 Å². The molecule has 0 spiro atoms. The number of piperazine rings is 1. The number of aliphatic hydroxyl groups is 1. The molecule has 2 aliphatic heterocycles. The van der Waals surface area contributed by atoms with E-state index in [1.807, 2.05) is 30.3 Å². The van der Waals surface area contributed by atoms with E-state index in [1.54, 1.807) is 0 Å². The Morgan fingerprint density at radius 1 is 1.32 bits per heavy atom. The van der Waals surface area contributed by atoms with Crippen LogP contribution in [0.4, 0.5) is 0 Å². The first-order valence-corrected chi connectivity index (χ1v) is 6.49. The van der Waals surface area contributed by atoms with Gasteiger partial charge in [0.1, 0.15) is 6.04 Å². The van der Waals surface area contributed by atoms with Crippen molar-refractivity contribution in [3.05, 3.63) is 35.9 Å². The summed E-state index contributed by atoms with van der Waals surface area (Å²) in [5.74, 6) is -0.644. The van der Waals surface area contributed by atoms with Crippen LogP contribution in [0.5, 0.6) is 0 Å². The monoisotopic (exact) mass is 260 g/mol. The molecule has 0 aliphatic carbocycles. The lowest BCUT2D eigenvalue weighted by Gasteiger charge is -2.40. The zero-order valence-electron chi connectivity index (χ0n) is 10.5. The van der Waals surface area contributed by atoms with E-state index < -0.39 is 17.7 Å². The van der Waals surface area contributed by atoms with Gasteiger partial charge in [0.15, 0.2) is 0 Å². The molecule has 2 aliphatic rings. The second-order valence-corrected chi connectivity index (χ2v) is 5.17. The maximum atomic E-state index is 12.3. The Balaban J connectivity index is 1.86. The molecule has 2 saturated heterocycles. The highest BCUT2D eigenvalue weighted by atomic mass is 16.3. The maximum absolute atomic E-state index is 12.3. The number of amides is 2. The number of hydrogen-bond acceptors (Lipinski definition) is 3. The van der Waals surface area contributed by atoms with Crippen molar-refractivity contribution in [3.8, 4) is 0 Å². The molecule has 1 aromatic rings. The van der Waals surface area contributed by atoms with Crippen LogP contribution in [0.1, 0.15) is 18.4 Å². The molecule has 0 bridgehead atoms. The minimum Gasteiger partial charge on any atom is -0.363 e. The minimum absolute atomic E-state index is 0.0988. The molecule has 2 N–H and O–H groups in total. The van der Waals surface area contributed by atoms with E-state index in [4.69, 9.17) is 0 Å². The van der Waals surface area contributed by atoms with E-state index in [9.17, 15) is 14.7 Å². The van der Waals surface area contributed by atoms with Crippen molar-refractivity contribution in [1.29, 1.82) is 0 Å². The lowest BCUT2D eigenvalue weighted by molar-refractivity contribution is -0.170. The number of nitrogens with one attached hydrogen (secondary N) is 1. The van der Waals surface area contributed by atoms with Crippen molar-refractivity contribution in [1.82, 2.24) is 10.2 Å². The Kier molecular flexibility index (Phi) is 2.78. The van der Waals surface area contributed by atoms with Gasteiger partial charge in [-0.2, -0.15) is 0 Å². The minimum atomic E-state index is -1.81. The van der Waals surface area contributed by atoms with Gasteiger partial charge in [0, 0.05) is 13.0 Å². The number of fused-ring (bicyclic) bond motifs is 1. The summed E-state index contributed by atoms with van der Waals surface area (Å²) in [6.07, 6.45) is 1.59. The van der Waals surface area contributed by atoms with Gasteiger partial charge in [-0.1, -0.05) is 30.3 Å². The predicted molar refractivity (Wildman–Crippen MR) is 68.0 cm³/mol. The lowest BCUT2D eigenvalue weighted by atomic mass is 9.97. The fourth-order valence-electron chi connectivity index (χ4n) is 2.87. The number of hydrogen-bond donors (Lipinski definition) is 2. The highest BCUT2D eigenvalue weighted by molar-refractivity contribution is 5.99. The van der Waals surface area contributed by atoms with Gasteiger partial charge in [0.2, 0.25) is 11.6 Å². The van der Waals surface area contributed by atoms with E-state index in [1.165, 1.54) is 4.90 Å². The van der Waals surface area contributed by atoms with Gasteiger partial charge in [0.25, 0.3) is 5.91 Å². The summed E-state index contributed by atoms with van der Waals surface area (Å²) in [5, 5.41) is 13.0. The van der Waals surface area contributed by atoms with Crippen LogP contribution in [-0.4, -0.2) is 40.1 Å². The van der Waals surface area contributed by atoms with Crippen LogP contribution in [0.2, 0.25) is 0 Å². The molecule has 2 fully saturated rings. The molecule has 2 unspecified atom stereocenters. The molecule has 5 heteroatoms. The highest BCUT2D eigenvalue weighted by Gasteiger charge is 2.51. The molecular weight excluding hydrogens is 244 g/mol. The van der Waals surface area contributed by atoms with Crippen LogP contribution < -0.4 is 5.32 Å². The van der Waals surface area contributed by atoms with Gasteiger partial charge >= 0.3 is 0 Å². The molecule has 0 saturated carbocycles. The lowest BCUT2D eigenvalue weighted by Crippen LogP contribution is -2.69. The Hall–Kier alpha value is -1.88. The average molecular weight is 260 g/mol. The fourth-order valence-corrected chi connectivity index (χ4v) is 2.87. The van der Waals surface area contributed by atoms with Crippen molar-refractivity contribution in [3.63, 3.8) is 0 Å². The summed E-state index contributed by atoms with van der Waals surface area (Å²) in [5.41, 5.74) is -0.990. The molecule has 19 heavy (non-hydrogen) atoms. The molecule has 2 atom stereocenters. The van der Waals surface area contributed by atoms with Crippen LogP contribution in [-0.2, 0) is 16.0 Å². The SMILES string of the molecule is O=C1NC(O)(Cc2ccccc2)C(=O)N2CCCC12. The molecule has 3 rings (SSSR count). The first-order chi connectivity index (χ1) is 9.10. The summed E-state index contributed by atoms with van der Waals surface area (Å²) in [4.78, 5) is 25.8. The molecule has 0 radical (unpaired) electrons. The molecule has 100 valence electrons. The van der Waals surface area contributed by atoms with Crippen molar-refractivity contribution in [2.24, 2.45) is 0 Å². The number of rotatable bonds is 2. The van der Waals surface area contributed by atoms with Crippen LogP contribution in [0.25, 0.3) is 0 Å². The normalized spacial score (nSPS) is 30.2. The Morgan fingerprint density at radius 2 is 2.05 bits per heavy atom. The van der Waals surface area contributed by atoms with Crippen molar-refractivity contribution in [2.45, 2.75) is 31.0 Å². The molecule has 2 heterocycles. The second-order valence-electron chi connectivity index (χ2n) is 5.17. The van der Waals surface area contributed by atoms with Gasteiger partial charge < -0.3 is 15.3 Å². The zero-order chi connectivity index (χ0) is 13.5. The van der Waals surface area contributed by atoms with Crippen LogP contribution in [0.3, 0.4) is 0 Å². The quantitative estimate of drug-likeness (QED) is 0.788. The summed E-state index contributed by atoms with van der Waals surface area (Å²) >= 11 is 0. The number of nitrogens with zero attached hydrogens (tertiary/aromatic N) is 1. The first kappa shape index (κ1) is 12.2. The largest absolute Gasteiger partial charge is 0.363 e. The summed E-state index contributed by atoms with van der Waals surface area (Å²) in [6, 6.07) is 8.80. The van der Waals surface area contributed by atoms with E-state index in [2.05, 4.69) is 5.32 Å². The Bertz CT molecular complexity index is 517. The molecular formula is C14H16N2O3. The Labute approximate surface area is 111 Å². The molecule has 2 amide bonds.